The van der Waals surface area contributed by atoms with Crippen molar-refractivity contribution in [1.29, 1.82) is 5.41 Å². The third kappa shape index (κ3) is 4.43. The molecule has 0 saturated carbocycles. The molecule has 0 aliphatic carbocycles. The molecule has 5 N–H and O–H groups in total. The Bertz CT molecular complexity index is 429. The van der Waals surface area contributed by atoms with E-state index in [1.54, 1.807) is 0 Å². The first-order valence-corrected chi connectivity index (χ1v) is 5.91. The van der Waals surface area contributed by atoms with Crippen molar-refractivity contribution < 1.29 is 4.52 Å². The highest BCUT2D eigenvalue weighted by Gasteiger charge is 2.21. The molecule has 8 heteroatoms. The molecular weight excluding hydrogens is 240 g/mol. The molecular formula is C9H16N6OS. The van der Waals surface area contributed by atoms with Crippen LogP contribution in [0.1, 0.15) is 32.5 Å². The van der Waals surface area contributed by atoms with E-state index in [-0.39, 0.29) is 16.5 Å². The third-order valence-electron chi connectivity index (χ3n) is 1.68. The molecule has 1 heterocycles. The number of amidine groups is 1. The Hall–Kier alpha value is -1.57. The van der Waals surface area contributed by atoms with E-state index >= 15 is 0 Å². The van der Waals surface area contributed by atoms with Gasteiger partial charge < -0.3 is 16.0 Å². The fourth-order valence-corrected chi connectivity index (χ4v) is 1.45. The van der Waals surface area contributed by atoms with Crippen LogP contribution >= 0.6 is 11.8 Å². The van der Waals surface area contributed by atoms with Gasteiger partial charge in [-0.1, -0.05) is 37.7 Å². The van der Waals surface area contributed by atoms with Gasteiger partial charge in [0, 0.05) is 5.41 Å². The van der Waals surface area contributed by atoms with E-state index < -0.39 is 0 Å². The van der Waals surface area contributed by atoms with E-state index in [1.165, 1.54) is 0 Å². The maximum Gasteiger partial charge on any atom is 0.232 e. The molecule has 94 valence electrons. The van der Waals surface area contributed by atoms with Crippen LogP contribution in [0, 0.1) is 5.41 Å². The third-order valence-corrected chi connectivity index (χ3v) is 2.45. The van der Waals surface area contributed by atoms with Crippen molar-refractivity contribution in [2.24, 2.45) is 16.5 Å². The van der Waals surface area contributed by atoms with Crippen LogP contribution in [0.25, 0.3) is 0 Å². The van der Waals surface area contributed by atoms with E-state index in [1.807, 2.05) is 20.8 Å². The predicted molar refractivity (Wildman–Crippen MR) is 67.8 cm³/mol. The van der Waals surface area contributed by atoms with Gasteiger partial charge in [-0.2, -0.15) is 9.98 Å². The normalized spacial score (nSPS) is 11.2. The van der Waals surface area contributed by atoms with E-state index in [2.05, 4.69) is 15.1 Å². The zero-order chi connectivity index (χ0) is 13.1. The van der Waals surface area contributed by atoms with Crippen LogP contribution in [-0.2, 0) is 11.2 Å². The van der Waals surface area contributed by atoms with E-state index in [0.29, 0.717) is 17.5 Å². The summed E-state index contributed by atoms with van der Waals surface area (Å²) in [5, 5.41) is 11.3. The fourth-order valence-electron chi connectivity index (χ4n) is 0.900. The molecule has 0 unspecified atom stereocenters. The van der Waals surface area contributed by atoms with Crippen molar-refractivity contribution in [2.45, 2.75) is 31.9 Å². The minimum atomic E-state index is -0.177. The van der Waals surface area contributed by atoms with Crippen LogP contribution in [0.4, 0.5) is 0 Å². The van der Waals surface area contributed by atoms with Crippen molar-refractivity contribution in [3.05, 3.63) is 11.7 Å². The van der Waals surface area contributed by atoms with Crippen LogP contribution in [0.2, 0.25) is 0 Å². The number of thioether (sulfide) groups is 1. The van der Waals surface area contributed by atoms with Gasteiger partial charge in [-0.25, -0.2) is 0 Å². The number of aliphatic imine (C=N–C) groups is 1. The Labute approximate surface area is 104 Å². The lowest BCUT2D eigenvalue weighted by Gasteiger charge is -2.10. The molecule has 1 rings (SSSR count). The minimum absolute atomic E-state index is 0.0205. The second kappa shape index (κ2) is 5.17. The zero-order valence-electron chi connectivity index (χ0n) is 10.0. The molecule has 0 atom stereocenters. The smallest absolute Gasteiger partial charge is 0.232 e. The molecule has 0 bridgehead atoms. The highest BCUT2D eigenvalue weighted by molar-refractivity contribution is 8.13. The number of aromatic nitrogens is 2. The van der Waals surface area contributed by atoms with Crippen molar-refractivity contribution in [2.75, 3.05) is 0 Å². The van der Waals surface area contributed by atoms with Crippen molar-refractivity contribution in [3.63, 3.8) is 0 Å². The quantitative estimate of drug-likeness (QED) is 0.530. The summed E-state index contributed by atoms with van der Waals surface area (Å²) < 4.78 is 5.11. The van der Waals surface area contributed by atoms with Gasteiger partial charge in [-0.05, 0) is 0 Å². The first-order chi connectivity index (χ1) is 7.79. The number of nitrogens with two attached hydrogens (primary N) is 2. The summed E-state index contributed by atoms with van der Waals surface area (Å²) in [5.74, 6) is 1.36. The van der Waals surface area contributed by atoms with Crippen LogP contribution in [0.15, 0.2) is 9.52 Å². The summed E-state index contributed by atoms with van der Waals surface area (Å²) in [6.45, 7) is 5.96. The number of hydrogen-bond donors (Lipinski definition) is 3. The van der Waals surface area contributed by atoms with E-state index in [0.717, 1.165) is 11.8 Å². The Kier molecular flexibility index (Phi) is 4.11. The van der Waals surface area contributed by atoms with Gasteiger partial charge in [0.1, 0.15) is 0 Å². The summed E-state index contributed by atoms with van der Waals surface area (Å²) >= 11 is 1.13. The maximum absolute atomic E-state index is 7.43. The number of nitrogens with one attached hydrogen (secondary N) is 1. The number of guanidine groups is 1. The topological polar surface area (TPSA) is 127 Å². The molecule has 1 aromatic heterocycles. The number of hydrogen-bond acceptors (Lipinski definition) is 5. The number of nitrogens with zero attached hydrogens (tertiary/aromatic N) is 3. The van der Waals surface area contributed by atoms with Gasteiger partial charge in [-0.3, -0.25) is 5.41 Å². The average Bonchev–Trinajstić information content (AvgIpc) is 2.61. The Morgan fingerprint density at radius 2 is 2.12 bits per heavy atom. The predicted octanol–water partition coefficient (Wildman–Crippen LogP) is 0.808. The van der Waals surface area contributed by atoms with Crippen LogP contribution in [0.3, 0.4) is 0 Å². The van der Waals surface area contributed by atoms with E-state index in [9.17, 15) is 0 Å². The summed E-state index contributed by atoms with van der Waals surface area (Å²) in [7, 11) is 0. The second-order valence-electron chi connectivity index (χ2n) is 4.40. The molecule has 7 nitrogen and oxygen atoms in total. The fraction of sp³-hybridized carbons (Fsp3) is 0.556. The summed E-state index contributed by atoms with van der Waals surface area (Å²) in [6.07, 6.45) is 0. The van der Waals surface area contributed by atoms with Gasteiger partial charge in [0.05, 0.1) is 5.75 Å². The minimum Gasteiger partial charge on any atom is -0.370 e. The van der Waals surface area contributed by atoms with Gasteiger partial charge >= 0.3 is 0 Å². The largest absolute Gasteiger partial charge is 0.370 e. The number of rotatable bonds is 2. The monoisotopic (exact) mass is 256 g/mol. The molecule has 0 saturated heterocycles. The van der Waals surface area contributed by atoms with Gasteiger partial charge in [0.25, 0.3) is 0 Å². The average molecular weight is 256 g/mol. The first kappa shape index (κ1) is 13.5. The molecule has 0 radical (unpaired) electrons. The van der Waals surface area contributed by atoms with Crippen molar-refractivity contribution in [3.8, 4) is 0 Å². The Balaban J connectivity index is 2.57. The summed E-state index contributed by atoms with van der Waals surface area (Å²) in [6, 6.07) is 0. The van der Waals surface area contributed by atoms with Crippen molar-refractivity contribution >= 4 is 22.9 Å². The standard InChI is InChI=1S/C9H16N6OS/c1-9(2,3)6-13-5(15-16-6)4-17-8(12)14-7(10)11/h4H2,1-3H3,(H5,10,11,12,14). The lowest BCUT2D eigenvalue weighted by molar-refractivity contribution is 0.319. The highest BCUT2D eigenvalue weighted by Crippen LogP contribution is 2.21. The van der Waals surface area contributed by atoms with Gasteiger partial charge in [0.2, 0.25) is 5.89 Å². The molecule has 0 aliphatic rings. The molecule has 0 spiro atoms. The molecule has 1 aromatic rings. The molecule has 0 fully saturated rings. The summed E-state index contributed by atoms with van der Waals surface area (Å²) in [4.78, 5) is 7.81. The highest BCUT2D eigenvalue weighted by atomic mass is 32.2. The molecule has 0 amide bonds. The second-order valence-corrected chi connectivity index (χ2v) is 5.36. The molecule has 0 aromatic carbocycles. The van der Waals surface area contributed by atoms with Gasteiger partial charge in [0.15, 0.2) is 17.0 Å². The van der Waals surface area contributed by atoms with Crippen LogP contribution in [-0.4, -0.2) is 21.3 Å². The lowest BCUT2D eigenvalue weighted by Crippen LogP contribution is -2.23. The SMILES string of the molecule is CC(C)(C)c1nc(CSC(=N)N=C(N)N)no1. The Morgan fingerprint density at radius 3 is 2.59 bits per heavy atom. The maximum atomic E-state index is 7.43. The Morgan fingerprint density at radius 1 is 1.47 bits per heavy atom. The zero-order valence-corrected chi connectivity index (χ0v) is 10.8. The van der Waals surface area contributed by atoms with E-state index in [4.69, 9.17) is 21.4 Å². The van der Waals surface area contributed by atoms with Crippen molar-refractivity contribution in [1.82, 2.24) is 10.1 Å². The first-order valence-electron chi connectivity index (χ1n) is 4.93. The lowest BCUT2D eigenvalue weighted by atomic mass is 9.97. The van der Waals surface area contributed by atoms with Crippen LogP contribution < -0.4 is 11.5 Å². The summed E-state index contributed by atoms with van der Waals surface area (Å²) in [5.41, 5.74) is 10.1. The molecule has 17 heavy (non-hydrogen) atoms. The van der Waals surface area contributed by atoms with Gasteiger partial charge in [-0.15, -0.1) is 0 Å². The molecule has 0 aliphatic heterocycles. The van der Waals surface area contributed by atoms with Crippen LogP contribution in [0.5, 0.6) is 0 Å².